The van der Waals surface area contributed by atoms with Crippen LogP contribution in [0.5, 0.6) is 17.2 Å². The van der Waals surface area contributed by atoms with Gasteiger partial charge in [0, 0.05) is 29.1 Å². The molecule has 1 aromatic heterocycles. The zero-order chi connectivity index (χ0) is 22.2. The number of nitrogens with one attached hydrogen (secondary N) is 1. The van der Waals surface area contributed by atoms with E-state index in [0.29, 0.717) is 23.8 Å². The standard InChI is InChI=1S/C24H32N2O4S/c1-17-9-11-26(12-10-17)19(23-6-5-13-31-23)16-25-24(27)8-7-18-14-21(29-3)22(30-4)15-20(18)28-2/h5-8,13-15,17,19H,9-12,16H2,1-4H3,(H,25,27)/b8-7+. The van der Waals surface area contributed by atoms with Crippen LogP contribution < -0.4 is 19.5 Å². The third kappa shape index (κ3) is 6.02. The number of benzene rings is 1. The fourth-order valence-electron chi connectivity index (χ4n) is 3.84. The predicted molar refractivity (Wildman–Crippen MR) is 125 cm³/mol. The van der Waals surface area contributed by atoms with Crippen molar-refractivity contribution in [3.8, 4) is 17.2 Å². The van der Waals surface area contributed by atoms with Gasteiger partial charge in [-0.2, -0.15) is 0 Å². The maximum atomic E-state index is 12.6. The van der Waals surface area contributed by atoms with E-state index in [4.69, 9.17) is 14.2 Å². The van der Waals surface area contributed by atoms with Crippen molar-refractivity contribution in [1.29, 1.82) is 0 Å². The first-order chi connectivity index (χ1) is 15.0. The summed E-state index contributed by atoms with van der Waals surface area (Å²) in [5.74, 6) is 2.41. The van der Waals surface area contributed by atoms with Gasteiger partial charge in [0.2, 0.25) is 5.91 Å². The van der Waals surface area contributed by atoms with Gasteiger partial charge in [0.05, 0.1) is 27.4 Å². The molecule has 2 aromatic rings. The third-order valence-electron chi connectivity index (χ3n) is 5.75. The molecule has 1 N–H and O–H groups in total. The van der Waals surface area contributed by atoms with Crippen molar-refractivity contribution in [3.05, 3.63) is 46.2 Å². The van der Waals surface area contributed by atoms with Gasteiger partial charge in [-0.1, -0.05) is 13.0 Å². The molecule has 7 heteroatoms. The van der Waals surface area contributed by atoms with Crippen LogP contribution in [0.25, 0.3) is 6.08 Å². The summed E-state index contributed by atoms with van der Waals surface area (Å²) in [4.78, 5) is 16.4. The van der Waals surface area contributed by atoms with E-state index in [-0.39, 0.29) is 11.9 Å². The number of methoxy groups -OCH3 is 3. The van der Waals surface area contributed by atoms with Gasteiger partial charge in [0.25, 0.3) is 0 Å². The zero-order valence-corrected chi connectivity index (χ0v) is 19.5. The Labute approximate surface area is 188 Å². The molecular weight excluding hydrogens is 412 g/mol. The molecule has 1 unspecified atom stereocenters. The summed E-state index contributed by atoms with van der Waals surface area (Å²) in [6.07, 6.45) is 5.68. The van der Waals surface area contributed by atoms with E-state index >= 15 is 0 Å². The van der Waals surface area contributed by atoms with Crippen molar-refractivity contribution in [1.82, 2.24) is 10.2 Å². The van der Waals surface area contributed by atoms with Gasteiger partial charge in [-0.05, 0) is 55.4 Å². The van der Waals surface area contributed by atoms with Gasteiger partial charge < -0.3 is 19.5 Å². The Balaban J connectivity index is 1.67. The average molecular weight is 445 g/mol. The molecule has 168 valence electrons. The van der Waals surface area contributed by atoms with Crippen LogP contribution in [-0.4, -0.2) is 51.8 Å². The molecule has 31 heavy (non-hydrogen) atoms. The number of likely N-dealkylation sites (tertiary alicyclic amines) is 1. The minimum atomic E-state index is -0.135. The van der Waals surface area contributed by atoms with Crippen molar-refractivity contribution in [3.63, 3.8) is 0 Å². The number of carbonyl (C=O) groups excluding carboxylic acids is 1. The first kappa shape index (κ1) is 23.2. The Morgan fingerprint density at radius 1 is 1.16 bits per heavy atom. The Bertz CT molecular complexity index is 874. The van der Waals surface area contributed by atoms with E-state index < -0.39 is 0 Å². The van der Waals surface area contributed by atoms with Crippen molar-refractivity contribution < 1.29 is 19.0 Å². The van der Waals surface area contributed by atoms with E-state index in [0.717, 1.165) is 24.6 Å². The number of hydrogen-bond acceptors (Lipinski definition) is 6. The van der Waals surface area contributed by atoms with E-state index in [1.54, 1.807) is 50.9 Å². The lowest BCUT2D eigenvalue weighted by atomic mass is 9.97. The monoisotopic (exact) mass is 444 g/mol. The highest BCUT2D eigenvalue weighted by Gasteiger charge is 2.25. The molecule has 2 heterocycles. The highest BCUT2D eigenvalue weighted by atomic mass is 32.1. The van der Waals surface area contributed by atoms with Crippen LogP contribution in [0.4, 0.5) is 0 Å². The number of amides is 1. The molecule has 3 rings (SSSR count). The van der Waals surface area contributed by atoms with Crippen LogP contribution >= 0.6 is 11.3 Å². The summed E-state index contributed by atoms with van der Waals surface area (Å²) in [6, 6.07) is 7.99. The van der Waals surface area contributed by atoms with Crippen molar-refractivity contribution in [2.75, 3.05) is 41.0 Å². The molecule has 1 saturated heterocycles. The maximum absolute atomic E-state index is 12.6. The number of piperidine rings is 1. The second kappa shape index (κ2) is 11.2. The van der Waals surface area contributed by atoms with Crippen LogP contribution in [0.2, 0.25) is 0 Å². The van der Waals surface area contributed by atoms with Crippen LogP contribution in [-0.2, 0) is 4.79 Å². The van der Waals surface area contributed by atoms with Crippen LogP contribution in [0.1, 0.15) is 36.2 Å². The predicted octanol–water partition coefficient (Wildman–Crippen LogP) is 4.38. The van der Waals surface area contributed by atoms with E-state index in [2.05, 4.69) is 34.7 Å². The van der Waals surface area contributed by atoms with Crippen molar-refractivity contribution >= 4 is 23.3 Å². The fraction of sp³-hybridized carbons (Fsp3) is 0.458. The van der Waals surface area contributed by atoms with E-state index in [1.165, 1.54) is 23.8 Å². The highest BCUT2D eigenvalue weighted by molar-refractivity contribution is 7.10. The minimum Gasteiger partial charge on any atom is -0.496 e. The molecule has 1 aromatic carbocycles. The number of rotatable bonds is 9. The molecule has 0 saturated carbocycles. The first-order valence-electron chi connectivity index (χ1n) is 10.6. The first-order valence-corrected chi connectivity index (χ1v) is 11.5. The highest BCUT2D eigenvalue weighted by Crippen LogP contribution is 2.35. The van der Waals surface area contributed by atoms with Crippen LogP contribution in [0.15, 0.2) is 35.7 Å². The second-order valence-electron chi connectivity index (χ2n) is 7.78. The minimum absolute atomic E-state index is 0.135. The van der Waals surface area contributed by atoms with Gasteiger partial charge in [-0.25, -0.2) is 0 Å². The summed E-state index contributed by atoms with van der Waals surface area (Å²) in [6.45, 7) is 5.03. The summed E-state index contributed by atoms with van der Waals surface area (Å²) in [5.41, 5.74) is 0.745. The van der Waals surface area contributed by atoms with Gasteiger partial charge in [-0.3, -0.25) is 9.69 Å². The molecule has 1 aliphatic rings. The molecule has 6 nitrogen and oxygen atoms in total. The lowest BCUT2D eigenvalue weighted by Crippen LogP contribution is -2.41. The Morgan fingerprint density at radius 2 is 1.84 bits per heavy atom. The Morgan fingerprint density at radius 3 is 2.45 bits per heavy atom. The molecule has 0 bridgehead atoms. The number of thiophene rings is 1. The zero-order valence-electron chi connectivity index (χ0n) is 18.7. The normalized spacial score (nSPS) is 16.3. The summed E-state index contributed by atoms with van der Waals surface area (Å²) < 4.78 is 16.1. The Hall–Kier alpha value is -2.51. The topological polar surface area (TPSA) is 60.0 Å². The van der Waals surface area contributed by atoms with Crippen LogP contribution in [0, 0.1) is 5.92 Å². The molecule has 1 amide bonds. The lowest BCUT2D eigenvalue weighted by Gasteiger charge is -2.36. The molecule has 0 spiro atoms. The number of ether oxygens (including phenoxy) is 3. The molecule has 0 aliphatic carbocycles. The summed E-state index contributed by atoms with van der Waals surface area (Å²) in [7, 11) is 4.74. The molecule has 1 aliphatic heterocycles. The maximum Gasteiger partial charge on any atom is 0.244 e. The largest absolute Gasteiger partial charge is 0.496 e. The smallest absolute Gasteiger partial charge is 0.244 e. The third-order valence-corrected chi connectivity index (χ3v) is 6.72. The molecule has 0 radical (unpaired) electrons. The quantitative estimate of drug-likeness (QED) is 0.582. The second-order valence-corrected chi connectivity index (χ2v) is 8.76. The van der Waals surface area contributed by atoms with Gasteiger partial charge in [0.1, 0.15) is 5.75 Å². The molecule has 1 fully saturated rings. The number of nitrogens with zero attached hydrogens (tertiary/aromatic N) is 1. The number of carbonyl (C=O) groups is 1. The van der Waals surface area contributed by atoms with Crippen molar-refractivity contribution in [2.24, 2.45) is 5.92 Å². The van der Waals surface area contributed by atoms with Crippen LogP contribution in [0.3, 0.4) is 0 Å². The molecular formula is C24H32N2O4S. The van der Waals surface area contributed by atoms with Gasteiger partial charge in [0.15, 0.2) is 11.5 Å². The summed E-state index contributed by atoms with van der Waals surface area (Å²) >= 11 is 1.75. The Kier molecular flexibility index (Phi) is 8.37. The van der Waals surface area contributed by atoms with E-state index in [9.17, 15) is 4.79 Å². The molecule has 1 atom stereocenters. The van der Waals surface area contributed by atoms with E-state index in [1.807, 2.05) is 0 Å². The average Bonchev–Trinajstić information content (AvgIpc) is 3.32. The van der Waals surface area contributed by atoms with Crippen molar-refractivity contribution in [2.45, 2.75) is 25.8 Å². The summed E-state index contributed by atoms with van der Waals surface area (Å²) in [5, 5.41) is 5.18. The lowest BCUT2D eigenvalue weighted by molar-refractivity contribution is -0.116. The number of hydrogen-bond donors (Lipinski definition) is 1. The van der Waals surface area contributed by atoms with Gasteiger partial charge >= 0.3 is 0 Å². The fourth-order valence-corrected chi connectivity index (χ4v) is 4.70. The SMILES string of the molecule is COc1cc(OC)c(OC)cc1/C=C/C(=O)NCC(c1cccs1)N1CCC(C)CC1. The van der Waals surface area contributed by atoms with Gasteiger partial charge in [-0.15, -0.1) is 11.3 Å².